The number of hydrogen-bond acceptors (Lipinski definition) is 3. The van der Waals surface area contributed by atoms with E-state index in [1.54, 1.807) is 4.90 Å². The molecule has 1 rings (SSSR count). The normalized spacial score (nSPS) is 14.4. The highest BCUT2D eigenvalue weighted by Crippen LogP contribution is 2.07. The number of hydrogen-bond donors (Lipinski definition) is 1. The second-order valence-corrected chi connectivity index (χ2v) is 4.61. The number of halogens is 1. The summed E-state index contributed by atoms with van der Waals surface area (Å²) in [6.07, 6.45) is 2.10. The van der Waals surface area contributed by atoms with Gasteiger partial charge in [0.25, 0.3) is 0 Å². The Balaban J connectivity index is 2.34. The molecule has 18 heavy (non-hydrogen) atoms. The number of imide groups is 1. The molecule has 1 heterocycles. The molecule has 0 aliphatic carbocycles. The lowest BCUT2D eigenvalue weighted by atomic mass is 10.4. The summed E-state index contributed by atoms with van der Waals surface area (Å²) in [5.74, 6) is -0.361. The zero-order valence-corrected chi connectivity index (χ0v) is 11.2. The summed E-state index contributed by atoms with van der Waals surface area (Å²) in [4.78, 5) is 37.4. The minimum atomic E-state index is -0.572. The van der Waals surface area contributed by atoms with Gasteiger partial charge in [0, 0.05) is 32.4 Å². The molecule has 0 aromatic carbocycles. The fourth-order valence-electron chi connectivity index (χ4n) is 1.70. The van der Waals surface area contributed by atoms with Crippen LogP contribution in [0.1, 0.15) is 19.3 Å². The average Bonchev–Trinajstić information content (AvgIpc) is 2.82. The van der Waals surface area contributed by atoms with Crippen molar-refractivity contribution in [1.82, 2.24) is 15.1 Å². The summed E-state index contributed by atoms with van der Waals surface area (Å²) in [7, 11) is 1.48. The fraction of sp³-hybridized carbons (Fsp3) is 0.727. The summed E-state index contributed by atoms with van der Waals surface area (Å²) in [6.45, 7) is 1.49. The van der Waals surface area contributed by atoms with E-state index in [1.165, 1.54) is 11.9 Å². The Bertz CT molecular complexity index is 329. The zero-order chi connectivity index (χ0) is 13.5. The van der Waals surface area contributed by atoms with E-state index in [9.17, 15) is 14.4 Å². The van der Waals surface area contributed by atoms with Crippen LogP contribution in [0.2, 0.25) is 0 Å². The lowest BCUT2D eigenvalue weighted by Gasteiger charge is -2.21. The highest BCUT2D eigenvalue weighted by atomic mass is 35.5. The van der Waals surface area contributed by atoms with Gasteiger partial charge in [-0.05, 0) is 12.8 Å². The summed E-state index contributed by atoms with van der Waals surface area (Å²) in [6, 6.07) is -0.572. The van der Waals surface area contributed by atoms with Gasteiger partial charge < -0.3 is 9.80 Å². The van der Waals surface area contributed by atoms with Gasteiger partial charge in [0.2, 0.25) is 11.8 Å². The molecule has 0 bridgehead atoms. The first-order valence-corrected chi connectivity index (χ1v) is 6.46. The van der Waals surface area contributed by atoms with Crippen molar-refractivity contribution in [2.45, 2.75) is 19.3 Å². The third-order valence-corrected chi connectivity index (χ3v) is 2.93. The number of likely N-dealkylation sites (tertiary alicyclic amines) is 1. The predicted octanol–water partition coefficient (Wildman–Crippen LogP) is 0.406. The number of carbonyl (C=O) groups is 3. The molecule has 1 fully saturated rings. The molecular formula is C11H18ClN3O3. The van der Waals surface area contributed by atoms with Crippen molar-refractivity contribution in [1.29, 1.82) is 0 Å². The van der Waals surface area contributed by atoms with Crippen molar-refractivity contribution in [3.8, 4) is 0 Å². The van der Waals surface area contributed by atoms with Crippen LogP contribution in [0.5, 0.6) is 0 Å². The number of nitrogens with zero attached hydrogens (tertiary/aromatic N) is 2. The van der Waals surface area contributed by atoms with Crippen molar-refractivity contribution in [3.63, 3.8) is 0 Å². The highest BCUT2D eigenvalue weighted by Gasteiger charge is 2.21. The molecule has 1 N–H and O–H groups in total. The fourth-order valence-corrected chi connectivity index (χ4v) is 1.88. The number of amides is 4. The lowest BCUT2D eigenvalue weighted by Crippen LogP contribution is -2.45. The summed E-state index contributed by atoms with van der Waals surface area (Å²) in [5.41, 5.74) is 0. The second-order valence-electron chi connectivity index (χ2n) is 4.24. The number of rotatable bonds is 4. The zero-order valence-electron chi connectivity index (χ0n) is 10.4. The predicted molar refractivity (Wildman–Crippen MR) is 67.3 cm³/mol. The summed E-state index contributed by atoms with van der Waals surface area (Å²) in [5, 5.41) is 2.17. The maximum Gasteiger partial charge on any atom is 0.324 e. The van der Waals surface area contributed by atoms with Crippen molar-refractivity contribution in [2.75, 3.05) is 32.6 Å². The smallest absolute Gasteiger partial charge is 0.324 e. The van der Waals surface area contributed by atoms with Crippen LogP contribution in [0.15, 0.2) is 0 Å². The van der Waals surface area contributed by atoms with Crippen molar-refractivity contribution in [3.05, 3.63) is 0 Å². The molecule has 1 aliphatic rings. The Labute approximate surface area is 111 Å². The van der Waals surface area contributed by atoms with E-state index in [0.717, 1.165) is 25.9 Å². The Morgan fingerprint density at radius 3 is 2.44 bits per heavy atom. The van der Waals surface area contributed by atoms with Gasteiger partial charge in [-0.15, -0.1) is 11.6 Å². The molecule has 7 heteroatoms. The van der Waals surface area contributed by atoms with Crippen LogP contribution >= 0.6 is 11.6 Å². The van der Waals surface area contributed by atoms with E-state index < -0.39 is 11.9 Å². The number of carbonyl (C=O) groups excluding carboxylic acids is 3. The molecule has 0 unspecified atom stereocenters. The Morgan fingerprint density at radius 1 is 1.28 bits per heavy atom. The number of likely N-dealkylation sites (N-methyl/N-ethyl adjacent to an activating group) is 1. The van der Waals surface area contributed by atoms with Crippen LogP contribution in [0.25, 0.3) is 0 Å². The van der Waals surface area contributed by atoms with Gasteiger partial charge in [0.15, 0.2) is 0 Å². The molecule has 0 saturated carbocycles. The Kier molecular flexibility index (Phi) is 5.91. The van der Waals surface area contributed by atoms with E-state index in [-0.39, 0.29) is 24.8 Å². The topological polar surface area (TPSA) is 69.7 Å². The molecule has 4 amide bonds. The SMILES string of the molecule is CN(CC(=O)N1CCCC1)C(=O)NC(=O)CCCl. The Morgan fingerprint density at radius 2 is 1.89 bits per heavy atom. The summed E-state index contributed by atoms with van der Waals surface area (Å²) < 4.78 is 0. The summed E-state index contributed by atoms with van der Waals surface area (Å²) >= 11 is 5.38. The largest absolute Gasteiger partial charge is 0.341 e. The van der Waals surface area contributed by atoms with E-state index >= 15 is 0 Å². The quantitative estimate of drug-likeness (QED) is 0.756. The third kappa shape index (κ3) is 4.52. The van der Waals surface area contributed by atoms with Gasteiger partial charge in [-0.1, -0.05) is 0 Å². The first kappa shape index (κ1) is 14.8. The average molecular weight is 276 g/mol. The molecule has 0 aromatic heterocycles. The first-order valence-electron chi connectivity index (χ1n) is 5.93. The molecule has 102 valence electrons. The van der Waals surface area contributed by atoms with Gasteiger partial charge in [0.05, 0.1) is 0 Å². The molecule has 0 atom stereocenters. The molecule has 0 radical (unpaired) electrons. The van der Waals surface area contributed by atoms with E-state index in [1.807, 2.05) is 0 Å². The van der Waals surface area contributed by atoms with Crippen LogP contribution in [-0.4, -0.2) is 60.2 Å². The second kappa shape index (κ2) is 7.20. The molecule has 6 nitrogen and oxygen atoms in total. The van der Waals surface area contributed by atoms with E-state index in [4.69, 9.17) is 11.6 Å². The number of urea groups is 1. The maximum absolute atomic E-state index is 11.8. The maximum atomic E-state index is 11.8. The molecule has 1 aliphatic heterocycles. The minimum Gasteiger partial charge on any atom is -0.341 e. The van der Waals surface area contributed by atoms with Crippen molar-refractivity contribution >= 4 is 29.4 Å². The van der Waals surface area contributed by atoms with Crippen LogP contribution < -0.4 is 5.32 Å². The van der Waals surface area contributed by atoms with Gasteiger partial charge in [0.1, 0.15) is 6.54 Å². The number of nitrogens with one attached hydrogen (secondary N) is 1. The Hall–Kier alpha value is -1.30. The molecule has 0 aromatic rings. The minimum absolute atomic E-state index is 0.0139. The van der Waals surface area contributed by atoms with Crippen LogP contribution in [0, 0.1) is 0 Å². The van der Waals surface area contributed by atoms with Crippen molar-refractivity contribution in [2.24, 2.45) is 0 Å². The van der Waals surface area contributed by atoms with Crippen LogP contribution in [0.4, 0.5) is 4.79 Å². The molecular weight excluding hydrogens is 258 g/mol. The monoisotopic (exact) mass is 275 g/mol. The van der Waals surface area contributed by atoms with Gasteiger partial charge >= 0.3 is 6.03 Å². The molecule has 0 spiro atoms. The van der Waals surface area contributed by atoms with E-state index in [0.29, 0.717) is 0 Å². The standard InChI is InChI=1S/C11H18ClN3O3/c1-14(11(18)13-9(16)4-5-12)8-10(17)15-6-2-3-7-15/h2-8H2,1H3,(H,13,16,18). The lowest BCUT2D eigenvalue weighted by molar-refractivity contribution is -0.130. The molecule has 1 saturated heterocycles. The van der Waals surface area contributed by atoms with Crippen LogP contribution in [-0.2, 0) is 9.59 Å². The highest BCUT2D eigenvalue weighted by molar-refractivity contribution is 6.19. The first-order chi connectivity index (χ1) is 8.54. The number of alkyl halides is 1. The van der Waals surface area contributed by atoms with Gasteiger partial charge in [-0.3, -0.25) is 14.9 Å². The van der Waals surface area contributed by atoms with Gasteiger partial charge in [-0.25, -0.2) is 4.79 Å². The van der Waals surface area contributed by atoms with Gasteiger partial charge in [-0.2, -0.15) is 0 Å². The van der Waals surface area contributed by atoms with Crippen molar-refractivity contribution < 1.29 is 14.4 Å². The van der Waals surface area contributed by atoms with E-state index in [2.05, 4.69) is 5.32 Å². The third-order valence-electron chi connectivity index (χ3n) is 2.75. The van der Waals surface area contributed by atoms with Crippen LogP contribution in [0.3, 0.4) is 0 Å².